The lowest BCUT2D eigenvalue weighted by Crippen LogP contribution is -1.89. The SMILES string of the molecule is Cc1cc(CBr)ccc1Oc1cccc(C#N)c1. The number of halogens is 1. The Labute approximate surface area is 115 Å². The van der Waals surface area contributed by atoms with E-state index in [1.54, 1.807) is 12.1 Å². The molecule has 0 aromatic heterocycles. The van der Waals surface area contributed by atoms with E-state index in [-0.39, 0.29) is 0 Å². The third-order valence-corrected chi connectivity index (χ3v) is 3.23. The van der Waals surface area contributed by atoms with Gasteiger partial charge in [-0.2, -0.15) is 5.26 Å². The van der Waals surface area contributed by atoms with Crippen LogP contribution in [-0.2, 0) is 5.33 Å². The Morgan fingerprint density at radius 1 is 1.22 bits per heavy atom. The fourth-order valence-corrected chi connectivity index (χ4v) is 2.01. The zero-order valence-electron chi connectivity index (χ0n) is 9.98. The highest BCUT2D eigenvalue weighted by molar-refractivity contribution is 9.08. The summed E-state index contributed by atoms with van der Waals surface area (Å²) in [6, 6.07) is 15.3. The fourth-order valence-electron chi connectivity index (χ4n) is 1.67. The highest BCUT2D eigenvalue weighted by atomic mass is 79.9. The standard InChI is InChI=1S/C15H12BrNO/c1-11-7-12(9-16)5-6-15(11)18-14-4-2-3-13(8-14)10-17/h2-8H,9H2,1H3. The van der Waals surface area contributed by atoms with E-state index in [0.29, 0.717) is 11.3 Å². The summed E-state index contributed by atoms with van der Waals surface area (Å²) in [6.45, 7) is 2.01. The number of hydrogen-bond donors (Lipinski definition) is 0. The molecule has 0 fully saturated rings. The molecule has 0 aliphatic rings. The molecule has 3 heteroatoms. The van der Waals surface area contributed by atoms with Gasteiger partial charge in [0, 0.05) is 5.33 Å². The molecule has 2 rings (SSSR count). The van der Waals surface area contributed by atoms with Crippen LogP contribution in [0.4, 0.5) is 0 Å². The number of aryl methyl sites for hydroxylation is 1. The lowest BCUT2D eigenvalue weighted by Gasteiger charge is -2.09. The Bertz CT molecular complexity index is 602. The van der Waals surface area contributed by atoms with Crippen molar-refractivity contribution < 1.29 is 4.74 Å². The monoisotopic (exact) mass is 301 g/mol. The van der Waals surface area contributed by atoms with Gasteiger partial charge in [-0.05, 0) is 42.3 Å². The van der Waals surface area contributed by atoms with E-state index in [4.69, 9.17) is 10.00 Å². The summed E-state index contributed by atoms with van der Waals surface area (Å²) in [6.07, 6.45) is 0. The first-order chi connectivity index (χ1) is 8.72. The van der Waals surface area contributed by atoms with Crippen molar-refractivity contribution in [2.75, 3.05) is 0 Å². The van der Waals surface area contributed by atoms with Crippen LogP contribution in [0.25, 0.3) is 0 Å². The molecule has 18 heavy (non-hydrogen) atoms. The normalized spacial score (nSPS) is 9.83. The van der Waals surface area contributed by atoms with Crippen LogP contribution in [0.3, 0.4) is 0 Å². The maximum Gasteiger partial charge on any atom is 0.130 e. The minimum atomic E-state index is 0.599. The predicted octanol–water partition coefficient (Wildman–Crippen LogP) is 4.55. The Balaban J connectivity index is 2.26. The maximum atomic E-state index is 8.84. The average Bonchev–Trinajstić information content (AvgIpc) is 2.41. The van der Waals surface area contributed by atoms with Crippen molar-refractivity contribution in [1.82, 2.24) is 0 Å². The molecule has 0 aliphatic carbocycles. The van der Waals surface area contributed by atoms with Crippen LogP contribution < -0.4 is 4.74 Å². The summed E-state index contributed by atoms with van der Waals surface area (Å²) >= 11 is 3.43. The van der Waals surface area contributed by atoms with E-state index in [9.17, 15) is 0 Å². The van der Waals surface area contributed by atoms with Gasteiger partial charge in [-0.25, -0.2) is 0 Å². The molecule has 0 heterocycles. The van der Waals surface area contributed by atoms with E-state index < -0.39 is 0 Å². The number of ether oxygens (including phenoxy) is 1. The molecule has 0 saturated heterocycles. The van der Waals surface area contributed by atoms with Gasteiger partial charge in [0.2, 0.25) is 0 Å². The van der Waals surface area contributed by atoms with Gasteiger partial charge in [-0.15, -0.1) is 0 Å². The fraction of sp³-hybridized carbons (Fsp3) is 0.133. The molecular weight excluding hydrogens is 290 g/mol. The molecule has 0 spiro atoms. The van der Waals surface area contributed by atoms with Crippen LogP contribution in [0.1, 0.15) is 16.7 Å². The van der Waals surface area contributed by atoms with Crippen LogP contribution in [0.15, 0.2) is 42.5 Å². The average molecular weight is 302 g/mol. The second-order valence-electron chi connectivity index (χ2n) is 3.98. The largest absolute Gasteiger partial charge is 0.457 e. The van der Waals surface area contributed by atoms with Gasteiger partial charge in [0.05, 0.1) is 11.6 Å². The molecule has 2 aromatic rings. The molecule has 0 amide bonds. The predicted molar refractivity (Wildman–Crippen MR) is 75.0 cm³/mol. The van der Waals surface area contributed by atoms with Gasteiger partial charge in [0.1, 0.15) is 11.5 Å². The number of alkyl halides is 1. The highest BCUT2D eigenvalue weighted by Gasteiger charge is 2.03. The van der Waals surface area contributed by atoms with Crippen LogP contribution in [0.2, 0.25) is 0 Å². The van der Waals surface area contributed by atoms with Gasteiger partial charge in [0.15, 0.2) is 0 Å². The quantitative estimate of drug-likeness (QED) is 0.779. The Morgan fingerprint density at radius 3 is 2.72 bits per heavy atom. The van der Waals surface area contributed by atoms with Crippen molar-refractivity contribution in [3.63, 3.8) is 0 Å². The van der Waals surface area contributed by atoms with Crippen molar-refractivity contribution >= 4 is 15.9 Å². The Hall–Kier alpha value is -1.79. The third-order valence-electron chi connectivity index (χ3n) is 2.58. The van der Waals surface area contributed by atoms with E-state index in [2.05, 4.69) is 28.1 Å². The third kappa shape index (κ3) is 2.91. The number of hydrogen-bond acceptors (Lipinski definition) is 2. The lowest BCUT2D eigenvalue weighted by molar-refractivity contribution is 0.478. The number of benzene rings is 2. The molecule has 0 aliphatic heterocycles. The molecular formula is C15H12BrNO. The van der Waals surface area contributed by atoms with Crippen molar-refractivity contribution in [3.8, 4) is 17.6 Å². The smallest absolute Gasteiger partial charge is 0.130 e. The molecule has 0 bridgehead atoms. The molecule has 2 aromatic carbocycles. The first kappa shape index (κ1) is 12.7. The van der Waals surface area contributed by atoms with Gasteiger partial charge in [-0.3, -0.25) is 0 Å². The number of rotatable bonds is 3. The molecule has 0 unspecified atom stereocenters. The van der Waals surface area contributed by atoms with Crippen LogP contribution in [0, 0.1) is 18.3 Å². The van der Waals surface area contributed by atoms with E-state index >= 15 is 0 Å². The summed E-state index contributed by atoms with van der Waals surface area (Å²) < 4.78 is 5.78. The first-order valence-electron chi connectivity index (χ1n) is 5.56. The molecule has 2 nitrogen and oxygen atoms in total. The highest BCUT2D eigenvalue weighted by Crippen LogP contribution is 2.26. The van der Waals surface area contributed by atoms with Gasteiger partial charge < -0.3 is 4.74 Å². The van der Waals surface area contributed by atoms with E-state index in [0.717, 1.165) is 16.6 Å². The molecule has 0 N–H and O–H groups in total. The molecule has 0 saturated carbocycles. The second kappa shape index (κ2) is 5.70. The van der Waals surface area contributed by atoms with Crippen LogP contribution in [-0.4, -0.2) is 0 Å². The molecule has 0 atom stereocenters. The molecule has 0 radical (unpaired) electrons. The van der Waals surface area contributed by atoms with E-state index in [1.807, 2.05) is 31.2 Å². The van der Waals surface area contributed by atoms with E-state index in [1.165, 1.54) is 5.56 Å². The first-order valence-corrected chi connectivity index (χ1v) is 6.68. The minimum Gasteiger partial charge on any atom is -0.457 e. The maximum absolute atomic E-state index is 8.84. The van der Waals surface area contributed by atoms with Crippen molar-refractivity contribution in [3.05, 3.63) is 59.2 Å². The van der Waals surface area contributed by atoms with Crippen molar-refractivity contribution in [2.45, 2.75) is 12.3 Å². The van der Waals surface area contributed by atoms with Gasteiger partial charge >= 0.3 is 0 Å². The second-order valence-corrected chi connectivity index (χ2v) is 4.54. The summed E-state index contributed by atoms with van der Waals surface area (Å²) in [4.78, 5) is 0. The Kier molecular flexibility index (Phi) is 4.01. The summed E-state index contributed by atoms with van der Waals surface area (Å²) in [7, 11) is 0. The number of nitrogens with zero attached hydrogens (tertiary/aromatic N) is 1. The summed E-state index contributed by atoms with van der Waals surface area (Å²) in [5.74, 6) is 1.50. The van der Waals surface area contributed by atoms with Crippen LogP contribution in [0.5, 0.6) is 11.5 Å². The van der Waals surface area contributed by atoms with Crippen molar-refractivity contribution in [1.29, 1.82) is 5.26 Å². The zero-order valence-corrected chi connectivity index (χ0v) is 11.6. The minimum absolute atomic E-state index is 0.599. The van der Waals surface area contributed by atoms with Crippen LogP contribution >= 0.6 is 15.9 Å². The van der Waals surface area contributed by atoms with Gasteiger partial charge in [0.25, 0.3) is 0 Å². The van der Waals surface area contributed by atoms with Gasteiger partial charge in [-0.1, -0.05) is 34.1 Å². The topological polar surface area (TPSA) is 33.0 Å². The molecule has 90 valence electrons. The van der Waals surface area contributed by atoms with Crippen molar-refractivity contribution in [2.24, 2.45) is 0 Å². The zero-order chi connectivity index (χ0) is 13.0. The lowest BCUT2D eigenvalue weighted by atomic mass is 10.1. The summed E-state index contributed by atoms with van der Waals surface area (Å²) in [5.41, 5.74) is 2.89. The Morgan fingerprint density at radius 2 is 2.06 bits per heavy atom. The number of nitriles is 1. The summed E-state index contributed by atoms with van der Waals surface area (Å²) in [5, 5.41) is 9.67.